The Balaban J connectivity index is 1.37. The third kappa shape index (κ3) is 6.84. The number of piperazine rings is 1. The number of anilines is 1. The lowest BCUT2D eigenvalue weighted by molar-refractivity contribution is -0.274. The molecule has 0 saturated carbocycles. The number of benzene rings is 2. The van der Waals surface area contributed by atoms with Crippen LogP contribution in [0, 0.1) is 5.92 Å². The lowest BCUT2D eigenvalue weighted by Gasteiger charge is -2.35. The van der Waals surface area contributed by atoms with Gasteiger partial charge in [0, 0.05) is 44.0 Å². The van der Waals surface area contributed by atoms with E-state index in [1.165, 1.54) is 12.1 Å². The van der Waals surface area contributed by atoms with Gasteiger partial charge in [-0.1, -0.05) is 38.1 Å². The van der Waals surface area contributed by atoms with E-state index in [0.717, 1.165) is 42.9 Å². The van der Waals surface area contributed by atoms with E-state index < -0.39 is 18.2 Å². The summed E-state index contributed by atoms with van der Waals surface area (Å²) in [4.78, 5) is 24.4. The van der Waals surface area contributed by atoms with Crippen LogP contribution in [-0.2, 0) is 17.8 Å². The van der Waals surface area contributed by atoms with Gasteiger partial charge in [0.05, 0.1) is 12.5 Å². The summed E-state index contributed by atoms with van der Waals surface area (Å²) in [6.07, 6.45) is -1.76. The molecule has 11 heteroatoms. The van der Waals surface area contributed by atoms with Gasteiger partial charge in [0.25, 0.3) is 0 Å². The Morgan fingerprint density at radius 3 is 2.55 bits per heavy atom. The predicted octanol–water partition coefficient (Wildman–Crippen LogP) is 5.01. The highest BCUT2D eigenvalue weighted by Gasteiger charge is 2.31. The molecule has 3 N–H and O–H groups in total. The minimum atomic E-state index is -4.76. The second-order valence-corrected chi connectivity index (χ2v) is 10.8. The molecule has 8 nitrogen and oxygen atoms in total. The van der Waals surface area contributed by atoms with Gasteiger partial charge in [-0.05, 0) is 59.9 Å². The normalized spacial score (nSPS) is 17.3. The molecular formula is C31H35F3N6O2. The van der Waals surface area contributed by atoms with Gasteiger partial charge in [0.15, 0.2) is 5.65 Å². The van der Waals surface area contributed by atoms with E-state index >= 15 is 0 Å². The smallest absolute Gasteiger partial charge is 0.406 e. The van der Waals surface area contributed by atoms with Crippen molar-refractivity contribution in [1.82, 2.24) is 19.9 Å². The van der Waals surface area contributed by atoms with Gasteiger partial charge >= 0.3 is 6.36 Å². The number of hydrogen-bond donors (Lipinski definition) is 2. The molecule has 0 aliphatic carbocycles. The molecule has 222 valence electrons. The zero-order valence-corrected chi connectivity index (χ0v) is 23.6. The second-order valence-electron chi connectivity index (χ2n) is 10.8. The summed E-state index contributed by atoms with van der Waals surface area (Å²) >= 11 is 0. The molecule has 42 heavy (non-hydrogen) atoms. The first-order valence-electron chi connectivity index (χ1n) is 14.1. The molecule has 1 aliphatic rings. The topological polar surface area (TPSA) is 98.3 Å². The number of aromatic nitrogens is 3. The number of pyridine rings is 1. The number of carbonyl (C=O) groups is 1. The summed E-state index contributed by atoms with van der Waals surface area (Å²) in [7, 11) is 0. The minimum Gasteiger partial charge on any atom is -0.406 e. The van der Waals surface area contributed by atoms with Crippen LogP contribution in [0.25, 0.3) is 11.2 Å². The average Bonchev–Trinajstić information content (AvgIpc) is 3.32. The summed E-state index contributed by atoms with van der Waals surface area (Å²) in [5.74, 6) is -0.825. The summed E-state index contributed by atoms with van der Waals surface area (Å²) in [5, 5.41) is 3.54. The number of nitrogens with one attached hydrogen (secondary N) is 1. The van der Waals surface area contributed by atoms with Crippen LogP contribution in [0.5, 0.6) is 5.75 Å². The Labute approximate surface area is 242 Å². The Bertz CT molecular complexity index is 1500. The van der Waals surface area contributed by atoms with Crippen LogP contribution in [0.2, 0.25) is 0 Å². The number of nitrogens with two attached hydrogens (primary N) is 1. The molecular weight excluding hydrogens is 545 g/mol. The highest BCUT2D eigenvalue weighted by Crippen LogP contribution is 2.31. The number of hydrogen-bond acceptors (Lipinski definition) is 6. The number of nitrogens with zero attached hydrogens (tertiary/aromatic N) is 4. The lowest BCUT2D eigenvalue weighted by atomic mass is 9.84. The monoisotopic (exact) mass is 580 g/mol. The van der Waals surface area contributed by atoms with Crippen LogP contribution >= 0.6 is 0 Å². The Kier molecular flexibility index (Phi) is 8.67. The van der Waals surface area contributed by atoms with Gasteiger partial charge in [-0.15, -0.1) is 13.2 Å². The van der Waals surface area contributed by atoms with Gasteiger partial charge < -0.3 is 25.3 Å². The average molecular weight is 581 g/mol. The lowest BCUT2D eigenvalue weighted by Crippen LogP contribution is -2.50. The number of carbonyl (C=O) groups excluding carboxylic acids is 1. The zero-order valence-electron chi connectivity index (χ0n) is 23.6. The maximum absolute atomic E-state index is 12.8. The SMILES string of the molecule is CC[C@H]1CN(c2ccc([C@@H](C)C(Cc3nc4cccnc4n3Cc3ccc(OC(F)(F)F)cc3)C(N)=O)cc2)CCN1. The molecule has 5 rings (SSSR count). The van der Waals surface area contributed by atoms with E-state index in [0.29, 0.717) is 29.6 Å². The van der Waals surface area contributed by atoms with E-state index in [9.17, 15) is 18.0 Å². The number of primary amides is 1. The Morgan fingerprint density at radius 2 is 1.88 bits per heavy atom. The second kappa shape index (κ2) is 12.4. The van der Waals surface area contributed by atoms with Crippen molar-refractivity contribution in [1.29, 1.82) is 0 Å². The van der Waals surface area contributed by atoms with E-state index in [1.807, 2.05) is 17.6 Å². The molecule has 1 amide bonds. The van der Waals surface area contributed by atoms with Gasteiger partial charge in [-0.25, -0.2) is 9.97 Å². The number of rotatable bonds is 10. The number of imidazole rings is 1. The van der Waals surface area contributed by atoms with E-state index in [4.69, 9.17) is 10.7 Å². The maximum Gasteiger partial charge on any atom is 0.573 e. The molecule has 1 saturated heterocycles. The Hall–Kier alpha value is -4.12. The fourth-order valence-corrected chi connectivity index (χ4v) is 5.58. The molecule has 4 aromatic rings. The van der Waals surface area contributed by atoms with Crippen LogP contribution in [0.3, 0.4) is 0 Å². The van der Waals surface area contributed by atoms with Crippen molar-refractivity contribution in [2.24, 2.45) is 11.7 Å². The number of amides is 1. The predicted molar refractivity (Wildman–Crippen MR) is 155 cm³/mol. The number of fused-ring (bicyclic) bond motifs is 1. The van der Waals surface area contributed by atoms with Gasteiger partial charge in [0.1, 0.15) is 17.1 Å². The van der Waals surface area contributed by atoms with Crippen molar-refractivity contribution in [3.05, 3.63) is 83.8 Å². The first kappa shape index (κ1) is 29.4. The molecule has 0 radical (unpaired) electrons. The van der Waals surface area contributed by atoms with Crippen LogP contribution in [-0.4, -0.2) is 52.5 Å². The Morgan fingerprint density at radius 1 is 1.14 bits per heavy atom. The highest BCUT2D eigenvalue weighted by molar-refractivity contribution is 5.78. The summed E-state index contributed by atoms with van der Waals surface area (Å²) < 4.78 is 43.7. The molecule has 2 aromatic heterocycles. The number of alkyl halides is 3. The standard InChI is InChI=1S/C31H35F3N6O2/c1-3-23-19-39(16-15-36-23)24-10-8-22(9-11-24)20(2)26(29(35)41)17-28-38-27-5-4-14-37-30(27)40(28)18-21-6-12-25(13-7-21)42-31(32,33)34/h4-14,20,23,26,36H,3,15-19H2,1-2H3,(H2,35,41)/t20-,23+,26?/m1/s1. The number of ether oxygens (including phenoxy) is 1. The quantitative estimate of drug-likeness (QED) is 0.274. The zero-order chi connectivity index (χ0) is 29.9. The van der Waals surface area contributed by atoms with Crippen molar-refractivity contribution in [3.63, 3.8) is 0 Å². The minimum absolute atomic E-state index is 0.178. The largest absolute Gasteiger partial charge is 0.573 e. The third-order valence-corrected chi connectivity index (χ3v) is 7.98. The molecule has 3 atom stereocenters. The number of halogens is 3. The summed E-state index contributed by atoms with van der Waals surface area (Å²) in [6.45, 7) is 7.32. The van der Waals surface area contributed by atoms with Crippen molar-refractivity contribution in [3.8, 4) is 5.75 Å². The van der Waals surface area contributed by atoms with Gasteiger partial charge in [-0.2, -0.15) is 0 Å². The highest BCUT2D eigenvalue weighted by atomic mass is 19.4. The van der Waals surface area contributed by atoms with E-state index in [1.54, 1.807) is 24.4 Å². The van der Waals surface area contributed by atoms with Crippen LogP contribution < -0.4 is 20.7 Å². The van der Waals surface area contributed by atoms with Crippen molar-refractivity contribution < 1.29 is 22.7 Å². The third-order valence-electron chi connectivity index (χ3n) is 7.98. The molecule has 2 aromatic carbocycles. The van der Waals surface area contributed by atoms with E-state index in [-0.39, 0.29) is 18.1 Å². The molecule has 3 heterocycles. The van der Waals surface area contributed by atoms with Crippen molar-refractivity contribution in [2.45, 2.75) is 51.6 Å². The summed E-state index contributed by atoms with van der Waals surface area (Å²) in [6, 6.07) is 18.1. The fourth-order valence-electron chi connectivity index (χ4n) is 5.58. The fraction of sp³-hybridized carbons (Fsp3) is 0.387. The van der Waals surface area contributed by atoms with E-state index in [2.05, 4.69) is 51.1 Å². The molecule has 0 bridgehead atoms. The maximum atomic E-state index is 12.8. The van der Waals surface area contributed by atoms with Crippen molar-refractivity contribution in [2.75, 3.05) is 24.5 Å². The molecule has 1 fully saturated rings. The van der Waals surface area contributed by atoms with Crippen LogP contribution in [0.1, 0.15) is 43.1 Å². The molecule has 0 spiro atoms. The molecule has 1 unspecified atom stereocenters. The van der Waals surface area contributed by atoms with Crippen LogP contribution in [0.4, 0.5) is 18.9 Å². The van der Waals surface area contributed by atoms with Crippen molar-refractivity contribution >= 4 is 22.8 Å². The molecule has 1 aliphatic heterocycles. The van der Waals surface area contributed by atoms with Gasteiger partial charge in [0.2, 0.25) is 5.91 Å². The van der Waals surface area contributed by atoms with Crippen LogP contribution in [0.15, 0.2) is 66.9 Å². The first-order valence-corrected chi connectivity index (χ1v) is 14.1. The summed E-state index contributed by atoms with van der Waals surface area (Å²) in [5.41, 5.74) is 10.1. The first-order chi connectivity index (χ1) is 20.1. The van der Waals surface area contributed by atoms with Gasteiger partial charge in [-0.3, -0.25) is 4.79 Å².